The number of carbonyl (C=O) groups is 1. The summed E-state index contributed by atoms with van der Waals surface area (Å²) < 4.78 is 7.42. The van der Waals surface area contributed by atoms with E-state index in [1.54, 1.807) is 0 Å². The van der Waals surface area contributed by atoms with Crippen LogP contribution in [0.3, 0.4) is 0 Å². The summed E-state index contributed by atoms with van der Waals surface area (Å²) >= 11 is 1.81. The highest BCUT2D eigenvalue weighted by atomic mass is 32.1. The number of aryl methyl sites for hydroxylation is 1. The van der Waals surface area contributed by atoms with Gasteiger partial charge in [0, 0.05) is 48.4 Å². The lowest BCUT2D eigenvalue weighted by Crippen LogP contribution is -2.42. The fourth-order valence-electron chi connectivity index (χ4n) is 4.07. The van der Waals surface area contributed by atoms with E-state index < -0.39 is 0 Å². The second kappa shape index (κ2) is 8.54. The second-order valence-electron chi connectivity index (χ2n) is 7.22. The molecule has 1 aliphatic heterocycles. The van der Waals surface area contributed by atoms with E-state index in [0.29, 0.717) is 38.0 Å². The molecule has 0 radical (unpaired) electrons. The van der Waals surface area contributed by atoms with Gasteiger partial charge >= 0.3 is 0 Å². The highest BCUT2D eigenvalue weighted by molar-refractivity contribution is 7.09. The molecule has 27 heavy (non-hydrogen) atoms. The third kappa shape index (κ3) is 4.10. The number of ether oxygens (including phenoxy) is 1. The van der Waals surface area contributed by atoms with Gasteiger partial charge in [-0.2, -0.15) is 5.10 Å². The van der Waals surface area contributed by atoms with Gasteiger partial charge in [0.05, 0.1) is 13.2 Å². The van der Waals surface area contributed by atoms with Gasteiger partial charge in [0.2, 0.25) is 0 Å². The predicted molar refractivity (Wildman–Crippen MR) is 106 cm³/mol. The summed E-state index contributed by atoms with van der Waals surface area (Å²) in [6.07, 6.45) is 4.05. The maximum Gasteiger partial charge on any atom is 0.274 e. The Hall–Kier alpha value is -1.70. The zero-order chi connectivity index (χ0) is 18.6. The van der Waals surface area contributed by atoms with Crippen molar-refractivity contribution in [3.63, 3.8) is 0 Å². The summed E-state index contributed by atoms with van der Waals surface area (Å²) in [4.78, 5) is 16.4. The molecule has 1 saturated heterocycles. The smallest absolute Gasteiger partial charge is 0.274 e. The van der Waals surface area contributed by atoms with Gasteiger partial charge < -0.3 is 15.0 Å². The largest absolute Gasteiger partial charge is 0.378 e. The number of amides is 1. The first kappa shape index (κ1) is 18.7. The van der Waals surface area contributed by atoms with E-state index in [1.165, 1.54) is 10.6 Å². The van der Waals surface area contributed by atoms with Crippen molar-refractivity contribution in [1.29, 1.82) is 0 Å². The molecule has 1 N–H and O–H groups in total. The monoisotopic (exact) mass is 388 g/mol. The van der Waals surface area contributed by atoms with Gasteiger partial charge in [0.15, 0.2) is 5.69 Å². The van der Waals surface area contributed by atoms with Crippen LogP contribution in [0.4, 0.5) is 0 Å². The maximum atomic E-state index is 13.1. The van der Waals surface area contributed by atoms with Crippen molar-refractivity contribution in [3.8, 4) is 0 Å². The number of aromatic nitrogens is 2. The summed E-state index contributed by atoms with van der Waals surface area (Å²) in [7, 11) is 0. The van der Waals surface area contributed by atoms with Crippen LogP contribution in [0.5, 0.6) is 0 Å². The van der Waals surface area contributed by atoms with Gasteiger partial charge in [-0.3, -0.25) is 9.48 Å². The Kier molecular flexibility index (Phi) is 5.90. The van der Waals surface area contributed by atoms with Crippen LogP contribution >= 0.6 is 11.3 Å². The summed E-state index contributed by atoms with van der Waals surface area (Å²) in [6.45, 7) is 6.46. The Labute approximate surface area is 164 Å². The molecule has 0 aromatic carbocycles. The number of hydrogen-bond acceptors (Lipinski definition) is 5. The van der Waals surface area contributed by atoms with Crippen LogP contribution in [0, 0.1) is 0 Å². The maximum absolute atomic E-state index is 13.1. The molecule has 6 nitrogen and oxygen atoms in total. The van der Waals surface area contributed by atoms with Crippen molar-refractivity contribution in [2.24, 2.45) is 0 Å². The van der Waals surface area contributed by atoms with Crippen LogP contribution < -0.4 is 5.32 Å². The van der Waals surface area contributed by atoms with E-state index in [0.717, 1.165) is 44.3 Å². The van der Waals surface area contributed by atoms with E-state index in [1.807, 2.05) is 20.9 Å². The molecular weight excluding hydrogens is 360 g/mol. The minimum atomic E-state index is 0.0704. The Morgan fingerprint density at radius 2 is 2.26 bits per heavy atom. The van der Waals surface area contributed by atoms with Crippen LogP contribution in [-0.4, -0.2) is 59.5 Å². The lowest BCUT2D eigenvalue weighted by atomic mass is 9.91. The average Bonchev–Trinajstić information content (AvgIpc) is 3.35. The number of nitrogens with one attached hydrogen (secondary N) is 1. The van der Waals surface area contributed by atoms with Gasteiger partial charge in [-0.25, -0.2) is 0 Å². The summed E-state index contributed by atoms with van der Waals surface area (Å²) in [5, 5.41) is 10.5. The Bertz CT molecular complexity index is 765. The minimum absolute atomic E-state index is 0.0704. The van der Waals surface area contributed by atoms with Gasteiger partial charge in [-0.05, 0) is 44.1 Å². The van der Waals surface area contributed by atoms with Crippen molar-refractivity contribution in [1.82, 2.24) is 20.0 Å². The molecule has 1 atom stereocenters. The fraction of sp³-hybridized carbons (Fsp3) is 0.600. The minimum Gasteiger partial charge on any atom is -0.378 e. The molecule has 7 heteroatoms. The molecule has 2 aromatic heterocycles. The van der Waals surface area contributed by atoms with Crippen molar-refractivity contribution >= 4 is 17.2 Å². The van der Waals surface area contributed by atoms with Crippen LogP contribution in [-0.2, 0) is 30.5 Å². The molecule has 1 amide bonds. The van der Waals surface area contributed by atoms with Crippen LogP contribution in [0.15, 0.2) is 17.5 Å². The second-order valence-corrected chi connectivity index (χ2v) is 8.25. The number of nitrogens with zero attached hydrogens (tertiary/aromatic N) is 3. The molecule has 2 aromatic rings. The molecular formula is C20H28N4O2S. The van der Waals surface area contributed by atoms with Crippen molar-refractivity contribution in [2.75, 3.05) is 32.8 Å². The number of carbonyl (C=O) groups excluding carboxylic acids is 1. The number of morpholine rings is 1. The Morgan fingerprint density at radius 1 is 1.41 bits per heavy atom. The standard InChI is InChI=1S/C20H28N4O2S/c1-2-24-18-6-5-15(21-8-7-16-4-3-13-27-16)14-17(18)19(22-24)20(25)23-9-11-26-12-10-23/h3-4,13,15,21H,2,5-12,14H2,1H3. The van der Waals surface area contributed by atoms with Crippen LogP contribution in [0.25, 0.3) is 0 Å². The third-order valence-electron chi connectivity index (χ3n) is 5.53. The summed E-state index contributed by atoms with van der Waals surface area (Å²) in [5.41, 5.74) is 3.08. The lowest BCUT2D eigenvalue weighted by molar-refractivity contribution is 0.0297. The van der Waals surface area contributed by atoms with E-state index in [-0.39, 0.29) is 5.91 Å². The number of fused-ring (bicyclic) bond motifs is 1. The molecule has 0 saturated carbocycles. The lowest BCUT2D eigenvalue weighted by Gasteiger charge is -2.28. The molecule has 0 spiro atoms. The van der Waals surface area contributed by atoms with E-state index >= 15 is 0 Å². The first-order valence-corrected chi connectivity index (χ1v) is 10.9. The molecule has 1 fully saturated rings. The summed E-state index contributed by atoms with van der Waals surface area (Å²) in [6, 6.07) is 4.72. The number of thiophene rings is 1. The van der Waals surface area contributed by atoms with E-state index in [9.17, 15) is 4.79 Å². The zero-order valence-electron chi connectivity index (χ0n) is 15.9. The highest BCUT2D eigenvalue weighted by Gasteiger charge is 2.31. The SMILES string of the molecule is CCn1nc(C(=O)N2CCOCC2)c2c1CCC(NCCc1cccs1)C2. The molecule has 1 aliphatic carbocycles. The fourth-order valence-corrected chi connectivity index (χ4v) is 4.77. The van der Waals surface area contributed by atoms with Crippen molar-refractivity contribution in [2.45, 2.75) is 45.2 Å². The topological polar surface area (TPSA) is 59.4 Å². The van der Waals surface area contributed by atoms with Crippen LogP contribution in [0.1, 0.15) is 40.0 Å². The van der Waals surface area contributed by atoms with Crippen molar-refractivity contribution in [3.05, 3.63) is 39.3 Å². The molecule has 2 aliphatic rings. The first-order valence-electron chi connectivity index (χ1n) is 9.97. The molecule has 0 bridgehead atoms. The van der Waals surface area contributed by atoms with Gasteiger partial charge in [0.1, 0.15) is 0 Å². The van der Waals surface area contributed by atoms with Crippen molar-refractivity contribution < 1.29 is 9.53 Å². The van der Waals surface area contributed by atoms with Gasteiger partial charge in [-0.15, -0.1) is 11.3 Å². The molecule has 4 rings (SSSR count). The van der Waals surface area contributed by atoms with Gasteiger partial charge in [-0.1, -0.05) is 6.07 Å². The summed E-state index contributed by atoms with van der Waals surface area (Å²) in [5.74, 6) is 0.0704. The Balaban J connectivity index is 1.45. The molecule has 146 valence electrons. The molecule has 3 heterocycles. The normalized spacial score (nSPS) is 19.9. The first-order chi connectivity index (χ1) is 13.3. The number of rotatable bonds is 6. The molecule has 1 unspecified atom stereocenters. The Morgan fingerprint density at radius 3 is 3.00 bits per heavy atom. The van der Waals surface area contributed by atoms with Crippen LogP contribution in [0.2, 0.25) is 0 Å². The van der Waals surface area contributed by atoms with Gasteiger partial charge in [0.25, 0.3) is 5.91 Å². The van der Waals surface area contributed by atoms with E-state index in [4.69, 9.17) is 9.84 Å². The number of hydrogen-bond donors (Lipinski definition) is 1. The van der Waals surface area contributed by atoms with E-state index in [2.05, 4.69) is 29.8 Å². The quantitative estimate of drug-likeness (QED) is 0.824. The third-order valence-corrected chi connectivity index (χ3v) is 6.47. The predicted octanol–water partition coefficient (Wildman–Crippen LogP) is 2.13. The highest BCUT2D eigenvalue weighted by Crippen LogP contribution is 2.26. The zero-order valence-corrected chi connectivity index (χ0v) is 16.8. The average molecular weight is 389 g/mol.